The molecule has 4 atom stereocenters. The largest absolute Gasteiger partial charge is 0.462 e. The monoisotopic (exact) mass is 283 g/mol. The van der Waals surface area contributed by atoms with Crippen LogP contribution >= 0.6 is 0 Å². The highest BCUT2D eigenvalue weighted by atomic mass is 16.6. The molecule has 0 saturated carbocycles. The minimum atomic E-state index is -0.396. The number of esters is 1. The SMILES string of the molecule is CC(C)[C@@H](CO)C[C@H](N=[N+]=[N-])[C@@H]1C[C@@H](C(C)C)C(=O)O1. The molecule has 1 saturated heterocycles. The fourth-order valence-corrected chi connectivity index (χ4v) is 2.62. The Balaban J connectivity index is 2.77. The van der Waals surface area contributed by atoms with E-state index in [1.165, 1.54) is 0 Å². The van der Waals surface area contributed by atoms with E-state index >= 15 is 0 Å². The molecule has 0 aromatic rings. The smallest absolute Gasteiger partial charge is 0.309 e. The van der Waals surface area contributed by atoms with Crippen molar-refractivity contribution in [3.05, 3.63) is 10.4 Å². The molecule has 0 amide bonds. The Kier molecular flexibility index (Phi) is 6.30. The van der Waals surface area contributed by atoms with Gasteiger partial charge in [-0.2, -0.15) is 0 Å². The molecule has 0 radical (unpaired) electrons. The lowest BCUT2D eigenvalue weighted by Crippen LogP contribution is -2.29. The molecule has 1 fully saturated rings. The standard InChI is InChI=1S/C14H25N3O3/c1-8(2)10(7-18)5-12(16-17-15)13-6-11(9(3)4)14(19)20-13/h8-13,18H,5-7H2,1-4H3/t10-,11+,12+,13+/m1/s1. The first-order valence-corrected chi connectivity index (χ1v) is 7.26. The van der Waals surface area contributed by atoms with Gasteiger partial charge in [0.25, 0.3) is 0 Å². The summed E-state index contributed by atoms with van der Waals surface area (Å²) < 4.78 is 5.39. The predicted molar refractivity (Wildman–Crippen MR) is 75.8 cm³/mol. The Morgan fingerprint density at radius 2 is 2.10 bits per heavy atom. The van der Waals surface area contributed by atoms with Gasteiger partial charge in [0.05, 0.1) is 12.0 Å². The maximum Gasteiger partial charge on any atom is 0.309 e. The third kappa shape index (κ3) is 4.12. The summed E-state index contributed by atoms with van der Waals surface area (Å²) in [6, 6.07) is -0.396. The van der Waals surface area contributed by atoms with Crippen LogP contribution < -0.4 is 0 Å². The summed E-state index contributed by atoms with van der Waals surface area (Å²) in [7, 11) is 0. The predicted octanol–water partition coefficient (Wildman–Crippen LogP) is 2.91. The summed E-state index contributed by atoms with van der Waals surface area (Å²) in [4.78, 5) is 14.7. The van der Waals surface area contributed by atoms with Crippen molar-refractivity contribution >= 4 is 5.97 Å². The van der Waals surface area contributed by atoms with E-state index in [1.807, 2.05) is 27.7 Å². The first-order chi connectivity index (χ1) is 9.40. The summed E-state index contributed by atoms with van der Waals surface area (Å²) >= 11 is 0. The van der Waals surface area contributed by atoms with Crippen molar-refractivity contribution in [1.82, 2.24) is 0 Å². The molecule has 20 heavy (non-hydrogen) atoms. The fraction of sp³-hybridized carbons (Fsp3) is 0.929. The number of azide groups is 1. The molecule has 0 aliphatic carbocycles. The second-order valence-corrected chi connectivity index (χ2v) is 6.26. The highest BCUT2D eigenvalue weighted by Gasteiger charge is 2.40. The lowest BCUT2D eigenvalue weighted by Gasteiger charge is -2.25. The Bertz CT molecular complexity index is 378. The third-order valence-corrected chi connectivity index (χ3v) is 4.21. The number of hydrogen-bond acceptors (Lipinski definition) is 4. The Morgan fingerprint density at radius 1 is 1.45 bits per heavy atom. The van der Waals surface area contributed by atoms with Crippen LogP contribution in [0.5, 0.6) is 0 Å². The van der Waals surface area contributed by atoms with Crippen molar-refractivity contribution < 1.29 is 14.6 Å². The van der Waals surface area contributed by atoms with Crippen LogP contribution in [-0.4, -0.2) is 29.8 Å². The Hall–Kier alpha value is -1.26. The summed E-state index contributed by atoms with van der Waals surface area (Å²) in [5.41, 5.74) is 8.72. The van der Waals surface area contributed by atoms with E-state index in [2.05, 4.69) is 10.0 Å². The van der Waals surface area contributed by atoms with E-state index in [0.717, 1.165) is 0 Å². The molecule has 1 aliphatic rings. The van der Waals surface area contributed by atoms with Gasteiger partial charge in [0, 0.05) is 11.5 Å². The van der Waals surface area contributed by atoms with E-state index in [0.29, 0.717) is 12.8 Å². The van der Waals surface area contributed by atoms with Crippen molar-refractivity contribution in [2.24, 2.45) is 28.8 Å². The quantitative estimate of drug-likeness (QED) is 0.337. The molecule has 0 aromatic heterocycles. The molecule has 6 nitrogen and oxygen atoms in total. The summed E-state index contributed by atoms with van der Waals surface area (Å²) in [5.74, 6) is 0.228. The van der Waals surface area contributed by atoms with Gasteiger partial charge >= 0.3 is 5.97 Å². The van der Waals surface area contributed by atoms with Crippen LogP contribution in [0.15, 0.2) is 5.11 Å². The maximum absolute atomic E-state index is 11.8. The minimum absolute atomic E-state index is 0.0438. The van der Waals surface area contributed by atoms with Crippen molar-refractivity contribution in [1.29, 1.82) is 0 Å². The number of cyclic esters (lactones) is 1. The van der Waals surface area contributed by atoms with Gasteiger partial charge in [0.15, 0.2) is 0 Å². The molecular weight excluding hydrogens is 258 g/mol. The molecule has 1 rings (SSSR count). The van der Waals surface area contributed by atoms with Crippen LogP contribution in [0.4, 0.5) is 0 Å². The third-order valence-electron chi connectivity index (χ3n) is 4.21. The van der Waals surface area contributed by atoms with E-state index in [-0.39, 0.29) is 42.4 Å². The van der Waals surface area contributed by atoms with E-state index in [1.54, 1.807) is 0 Å². The van der Waals surface area contributed by atoms with Crippen LogP contribution in [0.1, 0.15) is 40.5 Å². The molecule has 0 aromatic carbocycles. The van der Waals surface area contributed by atoms with Crippen molar-refractivity contribution in [2.45, 2.75) is 52.7 Å². The van der Waals surface area contributed by atoms with Crippen LogP contribution in [0, 0.1) is 23.7 Å². The number of nitrogens with zero attached hydrogens (tertiary/aromatic N) is 3. The number of carbonyl (C=O) groups excluding carboxylic acids is 1. The molecule has 0 bridgehead atoms. The number of carbonyl (C=O) groups is 1. The number of aliphatic hydroxyl groups excluding tert-OH is 1. The van der Waals surface area contributed by atoms with Crippen LogP contribution in [0.25, 0.3) is 10.4 Å². The Morgan fingerprint density at radius 3 is 2.50 bits per heavy atom. The highest BCUT2D eigenvalue weighted by Crippen LogP contribution is 2.33. The van der Waals surface area contributed by atoms with Crippen molar-refractivity contribution in [3.63, 3.8) is 0 Å². The van der Waals surface area contributed by atoms with Crippen LogP contribution in [-0.2, 0) is 9.53 Å². The molecule has 1 aliphatic heterocycles. The van der Waals surface area contributed by atoms with Gasteiger partial charge in [-0.05, 0) is 36.1 Å². The van der Waals surface area contributed by atoms with Crippen molar-refractivity contribution in [2.75, 3.05) is 6.61 Å². The molecule has 0 spiro atoms. The van der Waals surface area contributed by atoms with Crippen LogP contribution in [0.2, 0.25) is 0 Å². The average Bonchev–Trinajstić information content (AvgIpc) is 2.76. The van der Waals surface area contributed by atoms with E-state index in [4.69, 9.17) is 10.3 Å². The number of rotatable bonds is 7. The van der Waals surface area contributed by atoms with Gasteiger partial charge in [-0.3, -0.25) is 4.79 Å². The summed E-state index contributed by atoms with van der Waals surface area (Å²) in [5, 5.41) is 13.2. The van der Waals surface area contributed by atoms with E-state index in [9.17, 15) is 9.90 Å². The zero-order valence-corrected chi connectivity index (χ0v) is 12.7. The first kappa shape index (κ1) is 16.8. The van der Waals surface area contributed by atoms with Gasteiger partial charge in [0.2, 0.25) is 0 Å². The summed E-state index contributed by atoms with van der Waals surface area (Å²) in [6.45, 7) is 8.06. The van der Waals surface area contributed by atoms with Gasteiger partial charge in [-0.25, -0.2) is 0 Å². The van der Waals surface area contributed by atoms with Crippen molar-refractivity contribution in [3.8, 4) is 0 Å². The average molecular weight is 283 g/mol. The maximum atomic E-state index is 11.8. The van der Waals surface area contributed by atoms with E-state index < -0.39 is 6.04 Å². The molecule has 1 N–H and O–H groups in total. The summed E-state index contributed by atoms with van der Waals surface area (Å²) in [6.07, 6.45) is 0.774. The molecule has 114 valence electrons. The lowest BCUT2D eigenvalue weighted by atomic mass is 9.85. The lowest BCUT2D eigenvalue weighted by molar-refractivity contribution is -0.146. The number of hydrogen-bond donors (Lipinski definition) is 1. The second kappa shape index (κ2) is 7.50. The number of aliphatic hydroxyl groups is 1. The fourth-order valence-electron chi connectivity index (χ4n) is 2.62. The zero-order valence-electron chi connectivity index (χ0n) is 12.7. The van der Waals surface area contributed by atoms with Gasteiger partial charge in [-0.15, -0.1) is 0 Å². The first-order valence-electron chi connectivity index (χ1n) is 7.26. The molecule has 0 unspecified atom stereocenters. The Labute approximate surface area is 120 Å². The topological polar surface area (TPSA) is 95.3 Å². The second-order valence-electron chi connectivity index (χ2n) is 6.26. The van der Waals surface area contributed by atoms with Gasteiger partial charge < -0.3 is 9.84 Å². The molecular formula is C14H25N3O3. The normalized spacial score (nSPS) is 25.4. The highest BCUT2D eigenvalue weighted by molar-refractivity contribution is 5.75. The van der Waals surface area contributed by atoms with Crippen LogP contribution in [0.3, 0.4) is 0 Å². The molecule has 1 heterocycles. The minimum Gasteiger partial charge on any atom is -0.462 e. The number of ether oxygens (including phenoxy) is 1. The molecule has 6 heteroatoms. The van der Waals surface area contributed by atoms with Gasteiger partial charge in [-0.1, -0.05) is 32.8 Å². The zero-order chi connectivity index (χ0) is 15.3. The van der Waals surface area contributed by atoms with Gasteiger partial charge in [0.1, 0.15) is 6.10 Å².